The summed E-state index contributed by atoms with van der Waals surface area (Å²) in [6, 6.07) is 3.40. The second kappa shape index (κ2) is 10.8. The van der Waals surface area contributed by atoms with Crippen LogP contribution in [0, 0.1) is 5.92 Å². The second-order valence-corrected chi connectivity index (χ2v) is 9.17. The van der Waals surface area contributed by atoms with Gasteiger partial charge in [0.25, 0.3) is 5.91 Å². The average molecular weight is 629 g/mol. The third-order valence-corrected chi connectivity index (χ3v) is 7.20. The maximum absolute atomic E-state index is 12.9. The fourth-order valence-corrected chi connectivity index (χ4v) is 5.61. The van der Waals surface area contributed by atoms with E-state index in [2.05, 4.69) is 47.5 Å². The summed E-state index contributed by atoms with van der Waals surface area (Å²) in [5.74, 6) is 1.89. The van der Waals surface area contributed by atoms with Crippen LogP contribution in [0.5, 0.6) is 34.5 Å². The Hall–Kier alpha value is -3.19. The van der Waals surface area contributed by atoms with Crippen molar-refractivity contribution in [2.24, 2.45) is 16.2 Å². The van der Waals surface area contributed by atoms with E-state index in [4.69, 9.17) is 33.3 Å². The van der Waals surface area contributed by atoms with Crippen LogP contribution in [-0.4, -0.2) is 53.1 Å². The molecule has 0 fully saturated rings. The topological polar surface area (TPSA) is 118 Å². The highest BCUT2D eigenvalue weighted by Crippen LogP contribution is 2.55. The molecule has 0 aromatic heterocycles. The number of oxime groups is 1. The van der Waals surface area contributed by atoms with Gasteiger partial charge in [-0.3, -0.25) is 4.79 Å². The first-order valence-electron chi connectivity index (χ1n) is 10.6. The Morgan fingerprint density at radius 3 is 2.28 bits per heavy atom. The van der Waals surface area contributed by atoms with Gasteiger partial charge in [-0.15, -0.1) is 0 Å². The molecule has 4 rings (SSSR count). The molecule has 13 heteroatoms. The zero-order valence-corrected chi connectivity index (χ0v) is 23.2. The predicted molar refractivity (Wildman–Crippen MR) is 137 cm³/mol. The van der Waals surface area contributed by atoms with Gasteiger partial charge in [-0.1, -0.05) is 12.1 Å². The summed E-state index contributed by atoms with van der Waals surface area (Å²) >= 11 is 7.13. The molecule has 1 amide bonds. The molecule has 0 radical (unpaired) electrons. The summed E-state index contributed by atoms with van der Waals surface area (Å²) in [4.78, 5) is 18.5. The van der Waals surface area contributed by atoms with Crippen molar-refractivity contribution in [2.75, 3.05) is 35.2 Å². The lowest BCUT2D eigenvalue weighted by atomic mass is 9.93. The van der Waals surface area contributed by atoms with Crippen LogP contribution in [0.25, 0.3) is 0 Å². The van der Waals surface area contributed by atoms with Gasteiger partial charge in [-0.2, -0.15) is 5.10 Å². The Morgan fingerprint density at radius 1 is 1.03 bits per heavy atom. The van der Waals surface area contributed by atoms with E-state index >= 15 is 0 Å². The van der Waals surface area contributed by atoms with Crippen molar-refractivity contribution in [3.8, 4) is 34.5 Å². The largest absolute Gasteiger partial charge is 0.493 e. The first kappa shape index (κ1) is 25.9. The van der Waals surface area contributed by atoms with Crippen LogP contribution in [0.15, 0.2) is 31.3 Å². The number of hydrogen-bond donors (Lipinski definition) is 1. The summed E-state index contributed by atoms with van der Waals surface area (Å²) in [7, 11) is 6.08. The number of halogens is 2. The van der Waals surface area contributed by atoms with Crippen molar-refractivity contribution in [3.05, 3.63) is 32.2 Å². The first-order valence-corrected chi connectivity index (χ1v) is 12.2. The molecule has 2 aliphatic rings. The van der Waals surface area contributed by atoms with Crippen LogP contribution >= 0.6 is 31.9 Å². The number of carbonyl (C=O) groups excluding carboxylic acids is 1. The van der Waals surface area contributed by atoms with E-state index in [1.807, 2.05) is 6.92 Å². The molecular formula is C23H23Br2N3O8. The Kier molecular flexibility index (Phi) is 7.79. The molecule has 2 unspecified atom stereocenters. The quantitative estimate of drug-likeness (QED) is 0.342. The van der Waals surface area contributed by atoms with Crippen molar-refractivity contribution in [1.29, 1.82) is 0 Å². The number of amides is 1. The molecule has 0 saturated heterocycles. The van der Waals surface area contributed by atoms with E-state index < -0.39 is 17.9 Å². The van der Waals surface area contributed by atoms with E-state index in [1.165, 1.54) is 34.7 Å². The number of hydrazone groups is 1. The SMILES string of the molecule is COc1cc(/C=N/NC(=O)C2=NOC(c3c(Br)c(OC)c4c(c3Br)OCO4)C2C)cc(OC)c1OC. The Balaban J connectivity index is 1.51. The highest BCUT2D eigenvalue weighted by molar-refractivity contribution is 9.11. The van der Waals surface area contributed by atoms with Crippen LogP contribution in [0.4, 0.5) is 0 Å². The average Bonchev–Trinajstić information content (AvgIpc) is 3.51. The molecule has 36 heavy (non-hydrogen) atoms. The lowest BCUT2D eigenvalue weighted by Crippen LogP contribution is -2.31. The molecule has 0 aliphatic carbocycles. The molecule has 2 aromatic carbocycles. The molecule has 0 saturated carbocycles. The number of nitrogens with one attached hydrogen (secondary N) is 1. The summed E-state index contributed by atoms with van der Waals surface area (Å²) in [5, 5.41) is 8.07. The van der Waals surface area contributed by atoms with Crippen molar-refractivity contribution in [1.82, 2.24) is 5.43 Å². The molecule has 2 heterocycles. The van der Waals surface area contributed by atoms with Crippen LogP contribution in [-0.2, 0) is 9.63 Å². The van der Waals surface area contributed by atoms with Gasteiger partial charge < -0.3 is 33.3 Å². The third-order valence-electron chi connectivity index (χ3n) is 5.63. The maximum Gasteiger partial charge on any atom is 0.289 e. The van der Waals surface area contributed by atoms with E-state index in [9.17, 15) is 4.79 Å². The van der Waals surface area contributed by atoms with Crippen LogP contribution in [0.1, 0.15) is 24.2 Å². The zero-order chi connectivity index (χ0) is 26.0. The smallest absolute Gasteiger partial charge is 0.289 e. The normalized spacial score (nSPS) is 18.0. The summed E-state index contributed by atoms with van der Waals surface area (Å²) in [6.45, 7) is 1.89. The van der Waals surface area contributed by atoms with E-state index in [1.54, 1.807) is 12.1 Å². The van der Waals surface area contributed by atoms with Gasteiger partial charge in [-0.25, -0.2) is 5.43 Å². The number of ether oxygens (including phenoxy) is 6. The lowest BCUT2D eigenvalue weighted by Gasteiger charge is -2.20. The number of carbonyl (C=O) groups is 1. The first-order chi connectivity index (χ1) is 17.4. The number of hydrogen-bond acceptors (Lipinski definition) is 10. The van der Waals surface area contributed by atoms with Crippen molar-refractivity contribution in [2.45, 2.75) is 13.0 Å². The van der Waals surface area contributed by atoms with Crippen LogP contribution in [0.3, 0.4) is 0 Å². The van der Waals surface area contributed by atoms with Crippen LogP contribution in [0.2, 0.25) is 0 Å². The number of nitrogens with zero attached hydrogens (tertiary/aromatic N) is 2. The van der Waals surface area contributed by atoms with Gasteiger partial charge in [0.05, 0.1) is 49.5 Å². The molecule has 11 nitrogen and oxygen atoms in total. The minimum Gasteiger partial charge on any atom is -0.493 e. The third kappa shape index (κ3) is 4.52. The molecule has 2 aliphatic heterocycles. The van der Waals surface area contributed by atoms with Gasteiger partial charge in [0.2, 0.25) is 18.3 Å². The maximum atomic E-state index is 12.9. The fourth-order valence-electron chi connectivity index (χ4n) is 3.86. The molecule has 1 N–H and O–H groups in total. The van der Waals surface area contributed by atoms with Gasteiger partial charge in [-0.05, 0) is 44.0 Å². The summed E-state index contributed by atoms with van der Waals surface area (Å²) in [5.41, 5.74) is 3.97. The number of benzene rings is 2. The number of rotatable bonds is 8. The molecule has 0 bridgehead atoms. The molecular weight excluding hydrogens is 606 g/mol. The van der Waals surface area contributed by atoms with Crippen molar-refractivity contribution >= 4 is 49.7 Å². The summed E-state index contributed by atoms with van der Waals surface area (Å²) < 4.78 is 33.8. The Morgan fingerprint density at radius 2 is 1.67 bits per heavy atom. The van der Waals surface area contributed by atoms with Crippen molar-refractivity contribution in [3.63, 3.8) is 0 Å². The van der Waals surface area contributed by atoms with Gasteiger partial charge in [0, 0.05) is 11.1 Å². The Bertz CT molecular complexity index is 1230. The summed E-state index contributed by atoms with van der Waals surface area (Å²) in [6.07, 6.45) is 0.855. The minimum atomic E-state index is -0.600. The van der Waals surface area contributed by atoms with Gasteiger partial charge >= 0.3 is 0 Å². The fraction of sp³-hybridized carbons (Fsp3) is 0.348. The number of methoxy groups -OCH3 is 4. The van der Waals surface area contributed by atoms with Gasteiger partial charge in [0.15, 0.2) is 34.8 Å². The molecule has 2 atom stereocenters. The lowest BCUT2D eigenvalue weighted by molar-refractivity contribution is -0.115. The second-order valence-electron chi connectivity index (χ2n) is 7.59. The van der Waals surface area contributed by atoms with Crippen molar-refractivity contribution < 1.29 is 38.1 Å². The van der Waals surface area contributed by atoms with E-state index in [0.717, 1.165) is 0 Å². The molecule has 0 spiro atoms. The minimum absolute atomic E-state index is 0.0648. The number of fused-ring (bicyclic) bond motifs is 1. The van der Waals surface area contributed by atoms with Gasteiger partial charge in [0.1, 0.15) is 0 Å². The molecule has 192 valence electrons. The Labute approximate surface area is 223 Å². The van der Waals surface area contributed by atoms with E-state index in [-0.39, 0.29) is 12.5 Å². The highest BCUT2D eigenvalue weighted by Gasteiger charge is 2.41. The van der Waals surface area contributed by atoms with Crippen LogP contribution < -0.4 is 33.8 Å². The monoisotopic (exact) mass is 627 g/mol. The highest BCUT2D eigenvalue weighted by atomic mass is 79.9. The zero-order valence-electron chi connectivity index (χ0n) is 20.0. The molecule has 2 aromatic rings. The standard InChI is InChI=1S/C23H23Br2N3O8/c1-10-17(23(29)27-26-8-11-6-12(30-2)19(32-4)13(7-11)31-3)28-36-18(10)14-15(24)20(33-5)22-21(16(14)25)34-9-35-22/h6-8,10,18H,9H2,1-5H3,(H,27,29)/b26-8+. The predicted octanol–water partition coefficient (Wildman–Crippen LogP) is 4.19. The van der Waals surface area contributed by atoms with E-state index in [0.29, 0.717) is 54.6 Å².